The average Bonchev–Trinajstić information content (AvgIpc) is 2.49. The van der Waals surface area contributed by atoms with Crippen LogP contribution in [0.5, 0.6) is 0 Å². The van der Waals surface area contributed by atoms with Gasteiger partial charge < -0.3 is 5.32 Å². The lowest BCUT2D eigenvalue weighted by Crippen LogP contribution is -2.13. The van der Waals surface area contributed by atoms with Gasteiger partial charge in [-0.25, -0.2) is 4.39 Å². The first-order valence-corrected chi connectivity index (χ1v) is 7.04. The first-order valence-electron chi connectivity index (χ1n) is 6.25. The molecule has 0 fully saturated rings. The zero-order valence-corrected chi connectivity index (χ0v) is 12.4. The van der Waals surface area contributed by atoms with Crippen LogP contribution in [0.1, 0.15) is 10.4 Å². The van der Waals surface area contributed by atoms with Gasteiger partial charge in [0, 0.05) is 16.1 Å². The molecule has 0 aliphatic rings. The molecular weight excluding hydrogens is 335 g/mol. The second-order valence-corrected chi connectivity index (χ2v) is 5.31. The lowest BCUT2D eigenvalue weighted by molar-refractivity contribution is 0.102. The van der Waals surface area contributed by atoms with E-state index in [-0.39, 0.29) is 11.7 Å². The van der Waals surface area contributed by atoms with Crippen LogP contribution >= 0.6 is 15.9 Å². The first-order chi connectivity index (χ1) is 10.1. The number of benzene rings is 2. The third-order valence-electron chi connectivity index (χ3n) is 3.07. The number of amides is 1. The lowest BCUT2D eigenvalue weighted by Gasteiger charge is -2.09. The van der Waals surface area contributed by atoms with Gasteiger partial charge in [-0.2, -0.15) is 0 Å². The Morgan fingerprint density at radius 1 is 1.14 bits per heavy atom. The predicted octanol–water partition coefficient (Wildman–Crippen LogP) is 4.39. The van der Waals surface area contributed by atoms with Gasteiger partial charge in [0.2, 0.25) is 0 Å². The van der Waals surface area contributed by atoms with Crippen molar-refractivity contribution >= 4 is 38.4 Å². The lowest BCUT2D eigenvalue weighted by atomic mass is 10.1. The maximum Gasteiger partial charge on any atom is 0.256 e. The van der Waals surface area contributed by atoms with E-state index in [2.05, 4.69) is 26.2 Å². The van der Waals surface area contributed by atoms with Crippen molar-refractivity contribution in [2.45, 2.75) is 0 Å². The van der Waals surface area contributed by atoms with Crippen LogP contribution in [0.15, 0.2) is 59.2 Å². The van der Waals surface area contributed by atoms with Gasteiger partial charge in [0.15, 0.2) is 0 Å². The highest BCUT2D eigenvalue weighted by Gasteiger charge is 2.12. The number of hydrogen-bond donors (Lipinski definition) is 1. The van der Waals surface area contributed by atoms with Crippen molar-refractivity contribution < 1.29 is 9.18 Å². The number of hydrogen-bond acceptors (Lipinski definition) is 2. The van der Waals surface area contributed by atoms with Gasteiger partial charge in [-0.1, -0.05) is 18.2 Å². The van der Waals surface area contributed by atoms with E-state index in [0.29, 0.717) is 15.7 Å². The summed E-state index contributed by atoms with van der Waals surface area (Å²) in [5.41, 5.74) is 1.79. The van der Waals surface area contributed by atoms with Gasteiger partial charge >= 0.3 is 0 Å². The van der Waals surface area contributed by atoms with E-state index in [1.807, 2.05) is 24.3 Å². The normalized spacial score (nSPS) is 10.6. The highest BCUT2D eigenvalue weighted by atomic mass is 79.9. The van der Waals surface area contributed by atoms with E-state index in [4.69, 9.17) is 0 Å². The quantitative estimate of drug-likeness (QED) is 0.749. The molecule has 3 aromatic rings. The molecule has 0 aliphatic heterocycles. The summed E-state index contributed by atoms with van der Waals surface area (Å²) in [6.45, 7) is 0. The molecule has 1 amide bonds. The minimum absolute atomic E-state index is 0.263. The molecule has 1 heterocycles. The van der Waals surface area contributed by atoms with E-state index in [0.717, 1.165) is 10.9 Å². The molecule has 3 rings (SSSR count). The molecule has 0 bridgehead atoms. The number of anilines is 1. The Morgan fingerprint density at radius 2 is 1.95 bits per heavy atom. The number of rotatable bonds is 2. The van der Waals surface area contributed by atoms with E-state index in [1.54, 1.807) is 12.3 Å². The summed E-state index contributed by atoms with van der Waals surface area (Å²) in [4.78, 5) is 16.6. The van der Waals surface area contributed by atoms with Crippen molar-refractivity contribution in [1.29, 1.82) is 0 Å². The largest absolute Gasteiger partial charge is 0.321 e. The molecule has 1 N–H and O–H groups in total. The smallest absolute Gasteiger partial charge is 0.256 e. The molecule has 1 aromatic heterocycles. The van der Waals surface area contributed by atoms with Crippen molar-refractivity contribution in [2.24, 2.45) is 0 Å². The second-order valence-electron chi connectivity index (χ2n) is 4.45. The molecule has 0 saturated heterocycles. The predicted molar refractivity (Wildman–Crippen MR) is 83.8 cm³/mol. The standard InChI is InChI=1S/C16H10BrFN2O/c17-13-9-10(18)5-6-15(13)20-16(21)12-7-8-19-14-4-2-1-3-11(12)14/h1-9H,(H,20,21). The highest BCUT2D eigenvalue weighted by Crippen LogP contribution is 2.24. The second kappa shape index (κ2) is 5.61. The third kappa shape index (κ3) is 2.78. The molecule has 0 atom stereocenters. The Balaban J connectivity index is 1.97. The summed E-state index contributed by atoms with van der Waals surface area (Å²) < 4.78 is 13.6. The van der Waals surface area contributed by atoms with Crippen LogP contribution in [-0.4, -0.2) is 10.9 Å². The van der Waals surface area contributed by atoms with Crippen LogP contribution < -0.4 is 5.32 Å². The SMILES string of the molecule is O=C(Nc1ccc(F)cc1Br)c1ccnc2ccccc12. The van der Waals surface area contributed by atoms with Gasteiger partial charge in [0.05, 0.1) is 16.8 Å². The van der Waals surface area contributed by atoms with Crippen LogP contribution in [0, 0.1) is 5.82 Å². The van der Waals surface area contributed by atoms with E-state index in [1.165, 1.54) is 18.2 Å². The van der Waals surface area contributed by atoms with Crippen LogP contribution in [0.25, 0.3) is 10.9 Å². The number of carbonyl (C=O) groups excluding carboxylic acids is 1. The molecule has 0 saturated carbocycles. The Bertz CT molecular complexity index is 830. The zero-order chi connectivity index (χ0) is 14.8. The van der Waals surface area contributed by atoms with Gasteiger partial charge in [-0.3, -0.25) is 9.78 Å². The summed E-state index contributed by atoms with van der Waals surface area (Å²) in [5, 5.41) is 3.54. The minimum Gasteiger partial charge on any atom is -0.321 e. The fraction of sp³-hybridized carbons (Fsp3) is 0. The average molecular weight is 345 g/mol. The molecule has 104 valence electrons. The van der Waals surface area contributed by atoms with Crippen molar-refractivity contribution in [3.63, 3.8) is 0 Å². The van der Waals surface area contributed by atoms with E-state index in [9.17, 15) is 9.18 Å². The fourth-order valence-corrected chi connectivity index (χ4v) is 2.52. The summed E-state index contributed by atoms with van der Waals surface area (Å²) in [6.07, 6.45) is 1.59. The number of aromatic nitrogens is 1. The van der Waals surface area contributed by atoms with Crippen molar-refractivity contribution in [3.05, 3.63) is 70.6 Å². The molecular formula is C16H10BrFN2O. The number of pyridine rings is 1. The number of fused-ring (bicyclic) bond motifs is 1. The molecule has 0 aliphatic carbocycles. The fourth-order valence-electron chi connectivity index (χ4n) is 2.07. The molecule has 2 aromatic carbocycles. The number of nitrogens with one attached hydrogen (secondary N) is 1. The molecule has 0 spiro atoms. The Labute approximate surface area is 128 Å². The maximum absolute atomic E-state index is 13.1. The maximum atomic E-state index is 13.1. The van der Waals surface area contributed by atoms with Crippen molar-refractivity contribution in [1.82, 2.24) is 4.98 Å². The van der Waals surface area contributed by atoms with Crippen molar-refractivity contribution in [2.75, 3.05) is 5.32 Å². The summed E-state index contributed by atoms with van der Waals surface area (Å²) >= 11 is 3.23. The molecule has 0 unspecified atom stereocenters. The molecule has 3 nitrogen and oxygen atoms in total. The van der Waals surface area contributed by atoms with Gasteiger partial charge in [0.1, 0.15) is 5.82 Å². The number of halogens is 2. The molecule has 0 radical (unpaired) electrons. The Kier molecular flexibility index (Phi) is 3.66. The van der Waals surface area contributed by atoms with Gasteiger partial charge in [-0.15, -0.1) is 0 Å². The number of para-hydroxylation sites is 1. The van der Waals surface area contributed by atoms with Crippen LogP contribution in [0.4, 0.5) is 10.1 Å². The molecule has 21 heavy (non-hydrogen) atoms. The molecule has 5 heteroatoms. The van der Waals surface area contributed by atoms with Crippen molar-refractivity contribution in [3.8, 4) is 0 Å². The van der Waals surface area contributed by atoms with E-state index >= 15 is 0 Å². The summed E-state index contributed by atoms with van der Waals surface area (Å²) in [7, 11) is 0. The van der Waals surface area contributed by atoms with E-state index < -0.39 is 0 Å². The van der Waals surface area contributed by atoms with Gasteiger partial charge in [-0.05, 0) is 46.3 Å². The summed E-state index contributed by atoms with van der Waals surface area (Å²) in [6, 6.07) is 13.2. The van der Waals surface area contributed by atoms with Crippen LogP contribution in [0.2, 0.25) is 0 Å². The monoisotopic (exact) mass is 344 g/mol. The Hall–Kier alpha value is -2.27. The first kappa shape index (κ1) is 13.7. The Morgan fingerprint density at radius 3 is 2.76 bits per heavy atom. The minimum atomic E-state index is -0.366. The van der Waals surface area contributed by atoms with Crippen LogP contribution in [-0.2, 0) is 0 Å². The van der Waals surface area contributed by atoms with Gasteiger partial charge in [0.25, 0.3) is 5.91 Å². The number of nitrogens with zero attached hydrogens (tertiary/aromatic N) is 1. The zero-order valence-electron chi connectivity index (χ0n) is 10.8. The summed E-state index contributed by atoms with van der Waals surface area (Å²) in [5.74, 6) is -0.629. The number of carbonyl (C=O) groups is 1. The van der Waals surface area contributed by atoms with Crippen LogP contribution in [0.3, 0.4) is 0 Å². The third-order valence-corrected chi connectivity index (χ3v) is 3.73. The topological polar surface area (TPSA) is 42.0 Å². The highest BCUT2D eigenvalue weighted by molar-refractivity contribution is 9.10.